The molecule has 0 amide bonds. The van der Waals surface area contributed by atoms with Gasteiger partial charge >= 0.3 is 0 Å². The van der Waals surface area contributed by atoms with Crippen molar-refractivity contribution in [3.63, 3.8) is 0 Å². The molecule has 0 aliphatic rings. The molecule has 0 fully saturated rings. The normalized spacial score (nSPS) is 11.2. The van der Waals surface area contributed by atoms with Gasteiger partial charge in [0.05, 0.1) is 20.5 Å². The first-order chi connectivity index (χ1) is 11.3. The number of rotatable bonds is 6. The fourth-order valence-corrected chi connectivity index (χ4v) is 4.17. The number of sulfonamides is 1. The van der Waals surface area contributed by atoms with E-state index in [0.717, 1.165) is 16.4 Å². The zero-order chi connectivity index (χ0) is 17.9. The van der Waals surface area contributed by atoms with E-state index in [2.05, 4.69) is 0 Å². The molecule has 0 bridgehead atoms. The van der Waals surface area contributed by atoms with E-state index >= 15 is 0 Å². The van der Waals surface area contributed by atoms with Crippen molar-refractivity contribution in [1.29, 1.82) is 0 Å². The second kappa shape index (κ2) is 7.25. The van der Waals surface area contributed by atoms with Gasteiger partial charge in [0.25, 0.3) is 15.7 Å². The predicted octanol–water partition coefficient (Wildman–Crippen LogP) is 3.26. The molecule has 0 heterocycles. The van der Waals surface area contributed by atoms with Gasteiger partial charge in [-0.1, -0.05) is 29.8 Å². The minimum atomic E-state index is -3.99. The average Bonchev–Trinajstić information content (AvgIpc) is 2.53. The number of hydrogen-bond acceptors (Lipinski definition) is 5. The number of anilines is 2. The summed E-state index contributed by atoms with van der Waals surface area (Å²) in [4.78, 5) is 10.4. The van der Waals surface area contributed by atoms with Gasteiger partial charge in [-0.3, -0.25) is 14.4 Å². The Morgan fingerprint density at radius 3 is 2.38 bits per heavy atom. The van der Waals surface area contributed by atoms with Gasteiger partial charge < -0.3 is 5.73 Å². The minimum absolute atomic E-state index is 0.0191. The highest BCUT2D eigenvalue weighted by Crippen LogP contribution is 2.37. The van der Waals surface area contributed by atoms with Crippen LogP contribution in [-0.4, -0.2) is 25.8 Å². The molecule has 7 nitrogen and oxygen atoms in total. The van der Waals surface area contributed by atoms with Crippen molar-refractivity contribution in [3.05, 3.63) is 57.6 Å². The van der Waals surface area contributed by atoms with E-state index in [-0.39, 0.29) is 33.7 Å². The van der Waals surface area contributed by atoms with E-state index in [1.54, 1.807) is 18.2 Å². The van der Waals surface area contributed by atoms with E-state index in [0.29, 0.717) is 0 Å². The molecule has 0 saturated carbocycles. The van der Waals surface area contributed by atoms with Crippen LogP contribution in [0.3, 0.4) is 0 Å². The second-order valence-electron chi connectivity index (χ2n) is 4.70. The lowest BCUT2D eigenvalue weighted by Gasteiger charge is -2.24. The fraction of sp³-hybridized carbons (Fsp3) is 0.143. The maximum absolute atomic E-state index is 12.8. The lowest BCUT2D eigenvalue weighted by molar-refractivity contribution is -0.383. The van der Waals surface area contributed by atoms with Crippen LogP contribution >= 0.6 is 23.2 Å². The third-order valence-electron chi connectivity index (χ3n) is 3.18. The topological polar surface area (TPSA) is 107 Å². The summed E-state index contributed by atoms with van der Waals surface area (Å²) in [5, 5.41) is 11.0. The second-order valence-corrected chi connectivity index (χ2v) is 7.35. The van der Waals surface area contributed by atoms with Crippen molar-refractivity contribution in [2.75, 3.05) is 22.5 Å². The lowest BCUT2D eigenvalue weighted by atomic mass is 10.2. The van der Waals surface area contributed by atoms with Crippen LogP contribution in [-0.2, 0) is 10.0 Å². The summed E-state index contributed by atoms with van der Waals surface area (Å²) in [6, 6.07) is 9.82. The highest BCUT2D eigenvalue weighted by atomic mass is 35.5. The third-order valence-corrected chi connectivity index (χ3v) is 5.48. The number of nitro groups is 1. The van der Waals surface area contributed by atoms with Gasteiger partial charge in [-0.2, -0.15) is 0 Å². The Labute approximate surface area is 148 Å². The maximum Gasteiger partial charge on any atom is 0.294 e. The molecular weight excluding hydrogens is 377 g/mol. The molecule has 0 aliphatic carbocycles. The van der Waals surface area contributed by atoms with Gasteiger partial charge in [-0.05, 0) is 18.2 Å². The van der Waals surface area contributed by atoms with Crippen LogP contribution in [0.2, 0.25) is 5.02 Å². The van der Waals surface area contributed by atoms with Gasteiger partial charge in [0.2, 0.25) is 0 Å². The molecule has 0 aromatic heterocycles. The minimum Gasteiger partial charge on any atom is -0.393 e. The predicted molar refractivity (Wildman–Crippen MR) is 94.2 cm³/mol. The summed E-state index contributed by atoms with van der Waals surface area (Å²) in [5.74, 6) is -0.0272. The van der Waals surface area contributed by atoms with E-state index in [9.17, 15) is 18.5 Å². The van der Waals surface area contributed by atoms with Gasteiger partial charge in [-0.15, -0.1) is 11.6 Å². The molecule has 24 heavy (non-hydrogen) atoms. The molecule has 2 aromatic carbocycles. The molecule has 2 rings (SSSR count). The van der Waals surface area contributed by atoms with Crippen LogP contribution < -0.4 is 10.0 Å². The number of hydrogen-bond donors (Lipinski definition) is 1. The van der Waals surface area contributed by atoms with E-state index in [1.165, 1.54) is 12.1 Å². The Morgan fingerprint density at radius 2 is 1.83 bits per heavy atom. The molecular formula is C14H13Cl2N3O4S. The summed E-state index contributed by atoms with van der Waals surface area (Å²) in [5.41, 5.74) is 4.92. The van der Waals surface area contributed by atoms with Crippen LogP contribution in [0.1, 0.15) is 0 Å². The van der Waals surface area contributed by atoms with Gasteiger partial charge in [0, 0.05) is 18.5 Å². The Morgan fingerprint density at radius 1 is 1.21 bits per heavy atom. The molecule has 128 valence electrons. The number of benzene rings is 2. The van der Waals surface area contributed by atoms with Crippen LogP contribution in [0.25, 0.3) is 0 Å². The van der Waals surface area contributed by atoms with Crippen LogP contribution in [0, 0.1) is 10.1 Å². The summed E-state index contributed by atoms with van der Waals surface area (Å²) in [6.07, 6.45) is 0. The molecule has 2 N–H and O–H groups in total. The molecule has 2 aromatic rings. The summed E-state index contributed by atoms with van der Waals surface area (Å²) in [7, 11) is -3.99. The van der Waals surface area contributed by atoms with Crippen molar-refractivity contribution < 1.29 is 13.3 Å². The highest BCUT2D eigenvalue weighted by molar-refractivity contribution is 7.92. The average molecular weight is 390 g/mol. The van der Waals surface area contributed by atoms with Crippen molar-refractivity contribution in [2.45, 2.75) is 4.90 Å². The SMILES string of the molecule is Nc1cc(Cl)c(N(CCCl)S(=O)(=O)c2ccccc2)cc1[N+](=O)[O-]. The lowest BCUT2D eigenvalue weighted by Crippen LogP contribution is -2.33. The van der Waals surface area contributed by atoms with E-state index < -0.39 is 20.6 Å². The number of nitrogen functional groups attached to an aromatic ring is 1. The Kier molecular flexibility index (Phi) is 5.53. The van der Waals surface area contributed by atoms with Crippen molar-refractivity contribution in [2.24, 2.45) is 0 Å². The molecule has 0 atom stereocenters. The zero-order valence-corrected chi connectivity index (χ0v) is 14.6. The number of nitro benzene ring substituents is 1. The fourth-order valence-electron chi connectivity index (χ4n) is 2.08. The molecule has 0 radical (unpaired) electrons. The monoisotopic (exact) mass is 389 g/mol. The summed E-state index contributed by atoms with van der Waals surface area (Å²) < 4.78 is 26.6. The Bertz CT molecular complexity index is 860. The number of alkyl halides is 1. The first kappa shape index (κ1) is 18.3. The smallest absolute Gasteiger partial charge is 0.294 e. The summed E-state index contributed by atoms with van der Waals surface area (Å²) in [6.45, 7) is -0.112. The van der Waals surface area contributed by atoms with Crippen LogP contribution in [0.15, 0.2) is 47.4 Å². The van der Waals surface area contributed by atoms with E-state index in [4.69, 9.17) is 28.9 Å². The first-order valence-electron chi connectivity index (χ1n) is 6.66. The molecule has 0 aliphatic heterocycles. The van der Waals surface area contributed by atoms with E-state index in [1.807, 2.05) is 0 Å². The first-order valence-corrected chi connectivity index (χ1v) is 9.01. The van der Waals surface area contributed by atoms with Crippen LogP contribution in [0.5, 0.6) is 0 Å². The standard InChI is InChI=1S/C14H13Cl2N3O4S/c15-6-7-18(24(22,23)10-4-2-1-3-5-10)13-9-14(19(20)21)12(17)8-11(13)16/h1-5,8-9H,6-7,17H2. The molecule has 10 heteroatoms. The van der Waals surface area contributed by atoms with Crippen molar-refractivity contribution >= 4 is 50.3 Å². The third kappa shape index (κ3) is 3.55. The van der Waals surface area contributed by atoms with Gasteiger partial charge in [0.1, 0.15) is 5.69 Å². The maximum atomic E-state index is 12.8. The number of nitrogens with two attached hydrogens (primary N) is 1. The van der Waals surface area contributed by atoms with Crippen molar-refractivity contribution in [3.8, 4) is 0 Å². The van der Waals surface area contributed by atoms with Crippen LogP contribution in [0.4, 0.5) is 17.1 Å². The van der Waals surface area contributed by atoms with Crippen molar-refractivity contribution in [1.82, 2.24) is 0 Å². The molecule has 0 unspecified atom stereocenters. The zero-order valence-electron chi connectivity index (χ0n) is 12.2. The number of halogens is 2. The summed E-state index contributed by atoms with van der Waals surface area (Å²) >= 11 is 11.8. The Hall–Kier alpha value is -2.03. The Balaban J connectivity index is 2.64. The number of nitrogens with zero attached hydrogens (tertiary/aromatic N) is 2. The quantitative estimate of drug-likeness (QED) is 0.353. The largest absolute Gasteiger partial charge is 0.393 e. The molecule has 0 saturated heterocycles. The van der Waals surface area contributed by atoms with Gasteiger partial charge in [0.15, 0.2) is 0 Å². The van der Waals surface area contributed by atoms with Gasteiger partial charge in [-0.25, -0.2) is 8.42 Å². The molecule has 0 spiro atoms. The highest BCUT2D eigenvalue weighted by Gasteiger charge is 2.28.